The van der Waals surface area contributed by atoms with Gasteiger partial charge in [0.2, 0.25) is 0 Å². The second kappa shape index (κ2) is 12.2. The maximum atomic E-state index is 14.0. The van der Waals surface area contributed by atoms with E-state index in [1.54, 1.807) is 31.4 Å². The van der Waals surface area contributed by atoms with Crippen molar-refractivity contribution in [3.05, 3.63) is 82.3 Å². The van der Waals surface area contributed by atoms with Crippen molar-refractivity contribution in [1.82, 2.24) is 10.2 Å². The van der Waals surface area contributed by atoms with Crippen LogP contribution in [0.5, 0.6) is 5.75 Å². The molecule has 1 fully saturated rings. The van der Waals surface area contributed by atoms with Crippen LogP contribution in [0.1, 0.15) is 18.0 Å². The third-order valence-corrected chi connectivity index (χ3v) is 9.78. The van der Waals surface area contributed by atoms with Gasteiger partial charge in [0.1, 0.15) is 23.7 Å². The highest BCUT2D eigenvalue weighted by Gasteiger charge is 2.52. The Labute approximate surface area is 243 Å². The standard InChI is InChI=1S/C28H29Cl2N3O6S/c1-32-11-13-33(14-12-32,40(37,38)23-16-21(29)15-22(30)17-23)28(36)31-25(18-27(34)35)20-9-7-19(8-10-20)24-5-3-4-6-26(24)39-2/h3-10,15-17,25H,11-14,18H2,1-2H3,(H-,31,34,35,36)/p+1/t25-/m1/s1. The molecule has 2 N–H and O–H groups in total. The number of hydrogen-bond donors (Lipinski definition) is 2. The number of piperazine rings is 1. The van der Waals surface area contributed by atoms with Crippen LogP contribution in [0.2, 0.25) is 10.0 Å². The van der Waals surface area contributed by atoms with E-state index < -0.39 is 38.4 Å². The molecule has 9 nitrogen and oxygen atoms in total. The second-order valence-electron chi connectivity index (χ2n) is 9.64. The van der Waals surface area contributed by atoms with Gasteiger partial charge in [-0.2, -0.15) is 8.42 Å². The Morgan fingerprint density at radius 3 is 2.20 bits per heavy atom. The zero-order valence-corrected chi connectivity index (χ0v) is 24.3. The lowest BCUT2D eigenvalue weighted by Crippen LogP contribution is -2.67. The first-order valence-corrected chi connectivity index (χ1v) is 14.7. The van der Waals surface area contributed by atoms with Gasteiger partial charge in [-0.25, -0.2) is 4.79 Å². The molecule has 0 bridgehead atoms. The lowest BCUT2D eigenvalue weighted by molar-refractivity contribution is -0.729. The van der Waals surface area contributed by atoms with E-state index in [4.69, 9.17) is 27.9 Å². The summed E-state index contributed by atoms with van der Waals surface area (Å²) in [5, 5.41) is 12.6. The van der Waals surface area contributed by atoms with Crippen LogP contribution in [0, 0.1) is 0 Å². The normalized spacial score (nSPS) is 16.2. The number of carboxylic acids is 1. The number of nitrogens with zero attached hydrogens (tertiary/aromatic N) is 2. The quantitative estimate of drug-likeness (QED) is 0.345. The fourth-order valence-corrected chi connectivity index (χ4v) is 7.32. The van der Waals surface area contributed by atoms with Crippen LogP contribution in [-0.2, 0) is 14.8 Å². The van der Waals surface area contributed by atoms with E-state index >= 15 is 0 Å². The zero-order valence-electron chi connectivity index (χ0n) is 22.0. The van der Waals surface area contributed by atoms with Gasteiger partial charge in [0.15, 0.2) is 0 Å². The number of methoxy groups -OCH3 is 1. The molecule has 2 amide bonds. The number of rotatable bonds is 8. The average molecular weight is 608 g/mol. The van der Waals surface area contributed by atoms with E-state index in [1.165, 1.54) is 18.2 Å². The van der Waals surface area contributed by atoms with Crippen molar-refractivity contribution in [3.8, 4) is 16.9 Å². The Morgan fingerprint density at radius 1 is 1.02 bits per heavy atom. The van der Waals surface area contributed by atoms with Gasteiger partial charge in [0.25, 0.3) is 0 Å². The summed E-state index contributed by atoms with van der Waals surface area (Å²) in [6.45, 7) is 0.582. The first-order valence-electron chi connectivity index (χ1n) is 12.5. The number of urea groups is 1. The van der Waals surface area contributed by atoms with Crippen molar-refractivity contribution in [2.75, 3.05) is 40.3 Å². The van der Waals surface area contributed by atoms with Crippen LogP contribution < -0.4 is 10.1 Å². The van der Waals surface area contributed by atoms with Gasteiger partial charge in [-0.15, -0.1) is 3.89 Å². The maximum Gasteiger partial charge on any atom is 0.432 e. The predicted octanol–water partition coefficient (Wildman–Crippen LogP) is 5.05. The molecule has 1 atom stereocenters. The summed E-state index contributed by atoms with van der Waals surface area (Å²) in [5.74, 6) is -0.466. The Hall–Kier alpha value is -3.15. The fourth-order valence-electron chi connectivity index (χ4n) is 4.79. The van der Waals surface area contributed by atoms with Crippen LogP contribution in [0.3, 0.4) is 0 Å². The molecule has 212 valence electrons. The first-order chi connectivity index (χ1) is 19.0. The number of ether oxygens (including phenoxy) is 1. The third-order valence-electron chi connectivity index (χ3n) is 7.06. The third kappa shape index (κ3) is 6.11. The number of carbonyl (C=O) groups excluding carboxylic acids is 1. The Bertz CT molecular complexity index is 1490. The molecule has 0 spiro atoms. The number of likely N-dealkylation sites (N-methyl/N-ethyl adjacent to an activating group) is 1. The van der Waals surface area contributed by atoms with E-state index in [9.17, 15) is 23.1 Å². The molecule has 3 aromatic rings. The summed E-state index contributed by atoms with van der Waals surface area (Å²) < 4.78 is 32.5. The van der Waals surface area contributed by atoms with Gasteiger partial charge in [0, 0.05) is 28.7 Å². The molecule has 12 heteroatoms. The molecular formula is C28H30Cl2N3O6S+. The van der Waals surface area contributed by atoms with Crippen molar-refractivity contribution in [1.29, 1.82) is 0 Å². The molecule has 1 saturated heterocycles. The Balaban J connectivity index is 1.70. The van der Waals surface area contributed by atoms with E-state index in [-0.39, 0.29) is 28.0 Å². The minimum atomic E-state index is -4.33. The number of para-hydroxylation sites is 1. The van der Waals surface area contributed by atoms with Crippen LogP contribution in [0.15, 0.2) is 71.6 Å². The number of carbonyl (C=O) groups is 2. The summed E-state index contributed by atoms with van der Waals surface area (Å²) in [7, 11) is -0.914. The number of sulfonamides is 1. The summed E-state index contributed by atoms with van der Waals surface area (Å²) in [4.78, 5) is 27.5. The molecule has 40 heavy (non-hydrogen) atoms. The van der Waals surface area contributed by atoms with E-state index in [2.05, 4.69) is 5.32 Å². The molecule has 0 aliphatic carbocycles. The molecule has 4 rings (SSSR count). The summed E-state index contributed by atoms with van der Waals surface area (Å²) >= 11 is 12.2. The van der Waals surface area contributed by atoms with Crippen LogP contribution >= 0.6 is 23.2 Å². The lowest BCUT2D eigenvalue weighted by Gasteiger charge is -2.40. The van der Waals surface area contributed by atoms with Gasteiger partial charge >= 0.3 is 22.0 Å². The van der Waals surface area contributed by atoms with Gasteiger partial charge in [0.05, 0.1) is 19.6 Å². The van der Waals surface area contributed by atoms with Crippen LogP contribution in [0.4, 0.5) is 4.79 Å². The molecule has 0 radical (unpaired) electrons. The van der Waals surface area contributed by atoms with Crippen molar-refractivity contribution in [2.24, 2.45) is 0 Å². The van der Waals surface area contributed by atoms with Crippen LogP contribution in [0.25, 0.3) is 11.1 Å². The largest absolute Gasteiger partial charge is 0.496 e. The SMILES string of the molecule is COc1ccccc1-c1ccc([C@@H](CC(=O)O)NC(=O)[N+]2(S(=O)(=O)c3cc(Cl)cc(Cl)c3)CCN(C)CC2)cc1. The number of aliphatic carboxylic acids is 1. The van der Waals surface area contributed by atoms with E-state index in [1.807, 2.05) is 36.2 Å². The Morgan fingerprint density at radius 2 is 1.62 bits per heavy atom. The topological polar surface area (TPSA) is 113 Å². The van der Waals surface area contributed by atoms with Gasteiger partial charge in [-0.05, 0) is 42.4 Å². The number of hydrogen-bond acceptors (Lipinski definition) is 6. The summed E-state index contributed by atoms with van der Waals surface area (Å²) in [6.07, 6.45) is -0.442. The summed E-state index contributed by atoms with van der Waals surface area (Å²) in [5.41, 5.74) is 2.21. The number of benzene rings is 3. The fraction of sp³-hybridized carbons (Fsp3) is 0.286. The lowest BCUT2D eigenvalue weighted by atomic mass is 9.98. The van der Waals surface area contributed by atoms with Crippen molar-refractivity contribution < 1.29 is 31.7 Å². The second-order valence-corrected chi connectivity index (χ2v) is 12.6. The molecular weight excluding hydrogens is 577 g/mol. The van der Waals surface area contributed by atoms with Crippen molar-refractivity contribution in [3.63, 3.8) is 0 Å². The highest BCUT2D eigenvalue weighted by atomic mass is 35.5. The highest BCUT2D eigenvalue weighted by Crippen LogP contribution is 2.33. The van der Waals surface area contributed by atoms with E-state index in [0.29, 0.717) is 24.4 Å². The number of nitrogens with one attached hydrogen (secondary N) is 1. The number of quaternary nitrogens is 1. The van der Waals surface area contributed by atoms with Crippen molar-refractivity contribution in [2.45, 2.75) is 17.4 Å². The molecule has 0 aromatic heterocycles. The number of carboxylic acid groups (broad SMARTS) is 1. The maximum absolute atomic E-state index is 14.0. The van der Waals surface area contributed by atoms with Crippen LogP contribution in [-0.4, -0.2) is 74.6 Å². The average Bonchev–Trinajstić information content (AvgIpc) is 2.92. The Kier molecular flexibility index (Phi) is 9.06. The highest BCUT2D eigenvalue weighted by molar-refractivity contribution is 7.86. The molecule has 1 heterocycles. The summed E-state index contributed by atoms with van der Waals surface area (Å²) in [6, 6.07) is 16.7. The molecule has 0 unspecified atom stereocenters. The molecule has 3 aromatic carbocycles. The zero-order chi connectivity index (χ0) is 29.1. The first kappa shape index (κ1) is 29.8. The minimum absolute atomic E-state index is 0.0403. The smallest absolute Gasteiger partial charge is 0.432 e. The van der Waals surface area contributed by atoms with Crippen molar-refractivity contribution >= 4 is 45.2 Å². The number of halogens is 2. The minimum Gasteiger partial charge on any atom is -0.496 e. The van der Waals surface area contributed by atoms with Gasteiger partial charge < -0.3 is 9.84 Å². The molecule has 0 saturated carbocycles. The monoisotopic (exact) mass is 606 g/mol. The van der Waals surface area contributed by atoms with E-state index in [0.717, 1.165) is 11.1 Å². The number of amides is 2. The van der Waals surface area contributed by atoms with Gasteiger partial charge in [-0.1, -0.05) is 65.7 Å². The molecule has 1 aliphatic rings. The molecule has 1 aliphatic heterocycles. The van der Waals surface area contributed by atoms with Gasteiger partial charge in [-0.3, -0.25) is 15.0 Å². The predicted molar refractivity (Wildman–Crippen MR) is 153 cm³/mol.